The van der Waals surface area contributed by atoms with Gasteiger partial charge < -0.3 is 20.4 Å². The highest BCUT2D eigenvalue weighted by Crippen LogP contribution is 2.37. The quantitative estimate of drug-likeness (QED) is 0.499. The number of aliphatic hydroxyl groups is 2. The molecule has 0 aromatic heterocycles. The van der Waals surface area contributed by atoms with Gasteiger partial charge in [-0.25, -0.2) is 4.79 Å². The van der Waals surface area contributed by atoms with Gasteiger partial charge >= 0.3 is 11.9 Å². The SMILES string of the molecule is C[C@H](O)C(C(=O)O)[C@H]1N=C(C(=O)O)/C(=C/CCCO)S1. The largest absolute Gasteiger partial charge is 0.481 e. The Morgan fingerprint density at radius 1 is 1.45 bits per heavy atom. The first kappa shape index (κ1) is 16.7. The second kappa shape index (κ2) is 7.41. The molecule has 1 aliphatic heterocycles. The van der Waals surface area contributed by atoms with Crippen molar-refractivity contribution in [1.82, 2.24) is 0 Å². The Labute approximate surface area is 120 Å². The third kappa shape index (κ3) is 4.06. The Kier molecular flexibility index (Phi) is 6.18. The molecule has 3 atom stereocenters. The molecule has 0 radical (unpaired) electrons. The number of carboxylic acid groups (broad SMARTS) is 2. The van der Waals surface area contributed by atoms with E-state index in [9.17, 15) is 14.7 Å². The molecule has 0 aromatic carbocycles. The number of thioether (sulfide) groups is 1. The fourth-order valence-corrected chi connectivity index (χ4v) is 3.13. The van der Waals surface area contributed by atoms with Crippen LogP contribution in [0.15, 0.2) is 16.0 Å². The second-order valence-electron chi connectivity index (χ2n) is 4.33. The molecule has 112 valence electrons. The molecule has 0 saturated heterocycles. The summed E-state index contributed by atoms with van der Waals surface area (Å²) in [6.45, 7) is 1.33. The van der Waals surface area contributed by atoms with Crippen molar-refractivity contribution in [3.8, 4) is 0 Å². The molecular formula is C12H17NO6S. The summed E-state index contributed by atoms with van der Waals surface area (Å²) in [5.74, 6) is -3.62. The zero-order valence-electron chi connectivity index (χ0n) is 10.9. The van der Waals surface area contributed by atoms with Crippen LogP contribution in [0.25, 0.3) is 0 Å². The van der Waals surface area contributed by atoms with Crippen molar-refractivity contribution in [3.05, 3.63) is 11.0 Å². The number of carbonyl (C=O) groups is 2. The minimum atomic E-state index is -1.23. The lowest BCUT2D eigenvalue weighted by Gasteiger charge is -2.18. The van der Waals surface area contributed by atoms with Crippen molar-refractivity contribution in [2.24, 2.45) is 10.9 Å². The van der Waals surface area contributed by atoms with Gasteiger partial charge in [-0.3, -0.25) is 9.79 Å². The van der Waals surface area contributed by atoms with Crippen LogP contribution < -0.4 is 0 Å². The van der Waals surface area contributed by atoms with Crippen molar-refractivity contribution in [2.75, 3.05) is 6.61 Å². The summed E-state index contributed by atoms with van der Waals surface area (Å²) in [7, 11) is 0. The van der Waals surface area contributed by atoms with Crippen LogP contribution in [0.2, 0.25) is 0 Å². The van der Waals surface area contributed by atoms with E-state index >= 15 is 0 Å². The summed E-state index contributed by atoms with van der Waals surface area (Å²) >= 11 is 1.02. The smallest absolute Gasteiger partial charge is 0.355 e. The third-order valence-corrected chi connectivity index (χ3v) is 4.00. The number of aliphatic carboxylic acids is 2. The Bertz CT molecular complexity index is 445. The van der Waals surface area contributed by atoms with E-state index in [0.717, 1.165) is 11.8 Å². The van der Waals surface area contributed by atoms with Crippen LogP contribution in [0.1, 0.15) is 19.8 Å². The number of aliphatic hydroxyl groups excluding tert-OH is 2. The summed E-state index contributed by atoms with van der Waals surface area (Å²) in [6, 6.07) is 0. The number of hydrogen-bond donors (Lipinski definition) is 4. The first-order valence-electron chi connectivity index (χ1n) is 6.08. The van der Waals surface area contributed by atoms with E-state index in [1.807, 2.05) is 0 Å². The molecular weight excluding hydrogens is 286 g/mol. The number of hydrogen-bond acceptors (Lipinski definition) is 6. The van der Waals surface area contributed by atoms with E-state index in [0.29, 0.717) is 17.7 Å². The van der Waals surface area contributed by atoms with Crippen molar-refractivity contribution in [2.45, 2.75) is 31.2 Å². The molecule has 0 fully saturated rings. The Balaban J connectivity index is 2.96. The summed E-state index contributed by atoms with van der Waals surface area (Å²) in [4.78, 5) is 26.5. The molecule has 0 aromatic rings. The van der Waals surface area contributed by atoms with Crippen LogP contribution in [0, 0.1) is 5.92 Å². The average molecular weight is 303 g/mol. The molecule has 0 spiro atoms. The molecule has 0 bridgehead atoms. The van der Waals surface area contributed by atoms with Gasteiger partial charge in [-0.15, -0.1) is 0 Å². The number of carboxylic acids is 2. The summed E-state index contributed by atoms with van der Waals surface area (Å²) in [5.41, 5.74) is -0.190. The van der Waals surface area contributed by atoms with E-state index < -0.39 is 29.3 Å². The zero-order chi connectivity index (χ0) is 15.3. The fraction of sp³-hybridized carbons (Fsp3) is 0.583. The Hall–Kier alpha value is -1.38. The number of aliphatic imine (C=N–C) groups is 1. The summed E-state index contributed by atoms with van der Waals surface area (Å²) < 4.78 is 0. The van der Waals surface area contributed by atoms with Gasteiger partial charge in [0, 0.05) is 11.5 Å². The van der Waals surface area contributed by atoms with Crippen LogP contribution >= 0.6 is 11.8 Å². The third-order valence-electron chi connectivity index (χ3n) is 2.74. The first-order valence-corrected chi connectivity index (χ1v) is 6.96. The van der Waals surface area contributed by atoms with Gasteiger partial charge in [0.25, 0.3) is 0 Å². The van der Waals surface area contributed by atoms with Gasteiger partial charge in [-0.1, -0.05) is 17.8 Å². The van der Waals surface area contributed by atoms with Crippen molar-refractivity contribution >= 4 is 29.4 Å². The van der Waals surface area contributed by atoms with E-state index in [4.69, 9.17) is 15.3 Å². The van der Waals surface area contributed by atoms with Gasteiger partial charge in [-0.05, 0) is 19.8 Å². The number of unbranched alkanes of at least 4 members (excludes halogenated alkanes) is 1. The van der Waals surface area contributed by atoms with E-state index in [1.54, 1.807) is 6.08 Å². The lowest BCUT2D eigenvalue weighted by molar-refractivity contribution is -0.145. The van der Waals surface area contributed by atoms with E-state index in [1.165, 1.54) is 6.92 Å². The summed E-state index contributed by atoms with van der Waals surface area (Å²) in [6.07, 6.45) is 1.44. The Morgan fingerprint density at radius 2 is 2.10 bits per heavy atom. The van der Waals surface area contributed by atoms with Crippen LogP contribution in [-0.2, 0) is 9.59 Å². The van der Waals surface area contributed by atoms with Gasteiger partial charge in [0.2, 0.25) is 0 Å². The second-order valence-corrected chi connectivity index (χ2v) is 5.49. The van der Waals surface area contributed by atoms with Crippen molar-refractivity contribution in [1.29, 1.82) is 0 Å². The van der Waals surface area contributed by atoms with Crippen molar-refractivity contribution in [3.63, 3.8) is 0 Å². The lowest BCUT2D eigenvalue weighted by atomic mass is 10.0. The molecule has 0 saturated carbocycles. The minimum Gasteiger partial charge on any atom is -0.481 e. The molecule has 1 aliphatic rings. The van der Waals surface area contributed by atoms with Gasteiger partial charge in [0.15, 0.2) is 5.71 Å². The van der Waals surface area contributed by atoms with E-state index in [2.05, 4.69) is 4.99 Å². The predicted octanol–water partition coefficient (Wildman–Crippen LogP) is 0.323. The van der Waals surface area contributed by atoms with Gasteiger partial charge in [0.05, 0.1) is 6.10 Å². The predicted molar refractivity (Wildman–Crippen MR) is 73.7 cm³/mol. The van der Waals surface area contributed by atoms with Crippen LogP contribution in [0.4, 0.5) is 0 Å². The standard InChI is InChI=1S/C12H17NO6S/c1-6(15)8(11(16)17)10-13-9(12(18)19)7(20-10)4-2-3-5-14/h4,6,8,10,14-15H,2-3,5H2,1H3,(H,16,17)(H,18,19)/b7-4-/t6-,8?,10-/m0/s1. The molecule has 4 N–H and O–H groups in total. The highest BCUT2D eigenvalue weighted by molar-refractivity contribution is 8.05. The molecule has 20 heavy (non-hydrogen) atoms. The van der Waals surface area contributed by atoms with E-state index in [-0.39, 0.29) is 12.3 Å². The maximum Gasteiger partial charge on any atom is 0.355 e. The number of rotatable bonds is 7. The molecule has 1 unspecified atom stereocenters. The number of allylic oxidation sites excluding steroid dienone is 1. The highest BCUT2D eigenvalue weighted by Gasteiger charge is 2.39. The van der Waals surface area contributed by atoms with Crippen LogP contribution in [0.5, 0.6) is 0 Å². The fourth-order valence-electron chi connectivity index (χ4n) is 1.75. The zero-order valence-corrected chi connectivity index (χ0v) is 11.7. The highest BCUT2D eigenvalue weighted by atomic mass is 32.2. The summed E-state index contributed by atoms with van der Waals surface area (Å²) in [5, 5.41) is 35.5. The molecule has 8 heteroatoms. The average Bonchev–Trinajstić information content (AvgIpc) is 2.72. The monoisotopic (exact) mass is 303 g/mol. The normalized spacial score (nSPS) is 23.4. The number of nitrogens with zero attached hydrogens (tertiary/aromatic N) is 1. The topological polar surface area (TPSA) is 127 Å². The molecule has 7 nitrogen and oxygen atoms in total. The maximum absolute atomic E-state index is 11.1. The lowest BCUT2D eigenvalue weighted by Crippen LogP contribution is -2.33. The first-order chi connectivity index (χ1) is 9.38. The van der Waals surface area contributed by atoms with Gasteiger partial charge in [0.1, 0.15) is 11.3 Å². The molecule has 1 rings (SSSR count). The van der Waals surface area contributed by atoms with Crippen molar-refractivity contribution < 1.29 is 30.0 Å². The van der Waals surface area contributed by atoms with Crippen LogP contribution in [-0.4, -0.2) is 56.2 Å². The maximum atomic E-state index is 11.1. The Morgan fingerprint density at radius 3 is 2.55 bits per heavy atom. The van der Waals surface area contributed by atoms with Gasteiger partial charge in [-0.2, -0.15) is 0 Å². The van der Waals surface area contributed by atoms with Crippen LogP contribution in [0.3, 0.4) is 0 Å². The molecule has 0 amide bonds. The molecule has 1 heterocycles. The minimum absolute atomic E-state index is 0.0111. The molecule has 0 aliphatic carbocycles.